The largest absolute Gasteiger partial charge is 0.497 e. The summed E-state index contributed by atoms with van der Waals surface area (Å²) in [5.41, 5.74) is 1.70. The number of carbonyl (C=O) groups is 2. The van der Waals surface area contributed by atoms with E-state index in [4.69, 9.17) is 14.2 Å². The molecule has 1 heterocycles. The number of methoxy groups -OCH3 is 2. The lowest BCUT2D eigenvalue weighted by Gasteiger charge is -2.12. The van der Waals surface area contributed by atoms with Crippen LogP contribution in [0.3, 0.4) is 0 Å². The minimum absolute atomic E-state index is 0.180. The SMILES string of the molecule is CCOC(=O)c1c(-c2ccc(OC)cc2OC)csc1NC(=O)c1ccc(F)cc1. The summed E-state index contributed by atoms with van der Waals surface area (Å²) < 4.78 is 29.0. The second-order valence-corrected chi connectivity index (χ2v) is 6.98. The zero-order valence-electron chi connectivity index (χ0n) is 16.7. The molecule has 0 unspecified atom stereocenters. The maximum Gasteiger partial charge on any atom is 0.341 e. The highest BCUT2D eigenvalue weighted by Gasteiger charge is 2.25. The van der Waals surface area contributed by atoms with Gasteiger partial charge in [-0.2, -0.15) is 0 Å². The quantitative estimate of drug-likeness (QED) is 0.535. The Morgan fingerprint density at radius 2 is 1.77 bits per heavy atom. The van der Waals surface area contributed by atoms with Crippen molar-refractivity contribution in [1.29, 1.82) is 0 Å². The third kappa shape index (κ3) is 4.44. The lowest BCUT2D eigenvalue weighted by molar-refractivity contribution is 0.0529. The van der Waals surface area contributed by atoms with Gasteiger partial charge in [-0.1, -0.05) is 0 Å². The molecule has 3 rings (SSSR count). The molecule has 0 saturated heterocycles. The fraction of sp³-hybridized carbons (Fsp3) is 0.182. The summed E-state index contributed by atoms with van der Waals surface area (Å²) in [6, 6.07) is 10.4. The van der Waals surface area contributed by atoms with Crippen LogP contribution in [0.2, 0.25) is 0 Å². The van der Waals surface area contributed by atoms with Gasteiger partial charge >= 0.3 is 5.97 Å². The number of rotatable bonds is 7. The Labute approximate surface area is 177 Å². The van der Waals surface area contributed by atoms with E-state index in [1.807, 2.05) is 0 Å². The standard InChI is InChI=1S/C22H20FNO5S/c1-4-29-22(26)19-17(16-10-9-15(27-2)11-18(16)28-3)12-30-21(19)24-20(25)13-5-7-14(23)8-6-13/h5-12H,4H2,1-3H3,(H,24,25). The fourth-order valence-corrected chi connectivity index (χ4v) is 3.79. The van der Waals surface area contributed by atoms with Gasteiger partial charge in [-0.3, -0.25) is 4.79 Å². The molecule has 0 aliphatic carbocycles. The zero-order chi connectivity index (χ0) is 21.7. The van der Waals surface area contributed by atoms with Gasteiger partial charge in [-0.15, -0.1) is 11.3 Å². The van der Waals surface area contributed by atoms with Gasteiger partial charge in [0.05, 0.1) is 20.8 Å². The molecule has 1 N–H and O–H groups in total. The Morgan fingerprint density at radius 3 is 2.40 bits per heavy atom. The molecule has 30 heavy (non-hydrogen) atoms. The molecule has 3 aromatic rings. The number of halogens is 1. The number of ether oxygens (including phenoxy) is 3. The molecule has 0 aliphatic rings. The van der Waals surface area contributed by atoms with Crippen LogP contribution in [0.25, 0.3) is 11.1 Å². The van der Waals surface area contributed by atoms with Gasteiger partial charge in [0.2, 0.25) is 0 Å². The highest BCUT2D eigenvalue weighted by atomic mass is 32.1. The Kier molecular flexibility index (Phi) is 6.68. The van der Waals surface area contributed by atoms with E-state index in [2.05, 4.69) is 5.32 Å². The Balaban J connectivity index is 2.04. The van der Waals surface area contributed by atoms with Crippen molar-refractivity contribution in [3.8, 4) is 22.6 Å². The summed E-state index contributed by atoms with van der Waals surface area (Å²) >= 11 is 1.19. The molecule has 156 valence electrons. The number of nitrogens with one attached hydrogen (secondary N) is 1. The zero-order valence-corrected chi connectivity index (χ0v) is 17.5. The first-order valence-corrected chi connectivity index (χ1v) is 9.94. The second-order valence-electron chi connectivity index (χ2n) is 6.10. The van der Waals surface area contributed by atoms with Crippen molar-refractivity contribution in [2.75, 3.05) is 26.1 Å². The van der Waals surface area contributed by atoms with Crippen molar-refractivity contribution in [3.63, 3.8) is 0 Å². The topological polar surface area (TPSA) is 73.9 Å². The van der Waals surface area contributed by atoms with Gasteiger partial charge in [-0.05, 0) is 43.3 Å². The van der Waals surface area contributed by atoms with Gasteiger partial charge in [0.15, 0.2) is 0 Å². The van der Waals surface area contributed by atoms with Crippen molar-refractivity contribution in [3.05, 3.63) is 64.8 Å². The fourth-order valence-electron chi connectivity index (χ4n) is 2.85. The van der Waals surface area contributed by atoms with Crippen molar-refractivity contribution in [2.24, 2.45) is 0 Å². The van der Waals surface area contributed by atoms with Crippen molar-refractivity contribution >= 4 is 28.2 Å². The summed E-state index contributed by atoms with van der Waals surface area (Å²) in [6.07, 6.45) is 0. The van der Waals surface area contributed by atoms with E-state index in [1.165, 1.54) is 42.7 Å². The van der Waals surface area contributed by atoms with Gasteiger partial charge in [0.1, 0.15) is 27.9 Å². The van der Waals surface area contributed by atoms with Crippen molar-refractivity contribution in [2.45, 2.75) is 6.92 Å². The van der Waals surface area contributed by atoms with Gasteiger partial charge < -0.3 is 19.5 Å². The molecular weight excluding hydrogens is 409 g/mol. The van der Waals surface area contributed by atoms with Gasteiger partial charge in [-0.25, -0.2) is 9.18 Å². The molecule has 0 radical (unpaired) electrons. The average Bonchev–Trinajstić information content (AvgIpc) is 3.17. The smallest absolute Gasteiger partial charge is 0.341 e. The number of amides is 1. The second kappa shape index (κ2) is 9.41. The summed E-state index contributed by atoms with van der Waals surface area (Å²) in [6.45, 7) is 1.88. The molecule has 2 aromatic carbocycles. The first-order valence-electron chi connectivity index (χ1n) is 9.06. The Hall–Kier alpha value is -3.39. The number of anilines is 1. The summed E-state index contributed by atoms with van der Waals surface area (Å²) in [5.74, 6) is -0.358. The summed E-state index contributed by atoms with van der Waals surface area (Å²) in [5, 5.41) is 4.80. The maximum atomic E-state index is 13.1. The molecule has 0 fully saturated rings. The first-order chi connectivity index (χ1) is 14.5. The van der Waals surface area contributed by atoms with E-state index in [1.54, 1.807) is 37.6 Å². The molecule has 6 nitrogen and oxygen atoms in total. The number of benzene rings is 2. The summed E-state index contributed by atoms with van der Waals surface area (Å²) in [4.78, 5) is 25.3. The van der Waals surface area contributed by atoms with Crippen LogP contribution in [-0.4, -0.2) is 32.7 Å². The molecule has 0 saturated carbocycles. The van der Waals surface area contributed by atoms with Crippen molar-refractivity contribution < 1.29 is 28.2 Å². The number of carbonyl (C=O) groups excluding carboxylic acids is 2. The molecule has 8 heteroatoms. The number of esters is 1. The lowest BCUT2D eigenvalue weighted by Crippen LogP contribution is -2.14. The van der Waals surface area contributed by atoms with Crippen LogP contribution in [-0.2, 0) is 4.74 Å². The molecule has 0 aliphatic heterocycles. The Bertz CT molecular complexity index is 1060. The van der Waals surface area contributed by atoms with Crippen molar-refractivity contribution in [1.82, 2.24) is 0 Å². The predicted molar refractivity (Wildman–Crippen MR) is 113 cm³/mol. The van der Waals surface area contributed by atoms with E-state index in [0.29, 0.717) is 27.6 Å². The van der Waals surface area contributed by atoms with Crippen LogP contribution in [0.1, 0.15) is 27.6 Å². The van der Waals surface area contributed by atoms with Gasteiger partial charge in [0, 0.05) is 28.1 Å². The van der Waals surface area contributed by atoms with Crippen LogP contribution < -0.4 is 14.8 Å². The molecular formula is C22H20FNO5S. The maximum absolute atomic E-state index is 13.1. The van der Waals surface area contributed by atoms with Crippen LogP contribution in [0.5, 0.6) is 11.5 Å². The average molecular weight is 429 g/mol. The highest BCUT2D eigenvalue weighted by molar-refractivity contribution is 7.15. The van der Waals surface area contributed by atoms with Crippen LogP contribution >= 0.6 is 11.3 Å². The highest BCUT2D eigenvalue weighted by Crippen LogP contribution is 2.41. The minimum Gasteiger partial charge on any atom is -0.497 e. The molecule has 0 atom stereocenters. The molecule has 1 aromatic heterocycles. The van der Waals surface area contributed by atoms with Crippen LogP contribution in [0.15, 0.2) is 47.8 Å². The van der Waals surface area contributed by atoms with E-state index in [-0.39, 0.29) is 17.7 Å². The van der Waals surface area contributed by atoms with Crippen LogP contribution in [0.4, 0.5) is 9.39 Å². The van der Waals surface area contributed by atoms with Gasteiger partial charge in [0.25, 0.3) is 5.91 Å². The Morgan fingerprint density at radius 1 is 1.03 bits per heavy atom. The van der Waals surface area contributed by atoms with E-state index >= 15 is 0 Å². The van der Waals surface area contributed by atoms with E-state index < -0.39 is 17.7 Å². The number of hydrogen-bond acceptors (Lipinski definition) is 6. The predicted octanol–water partition coefficient (Wildman–Crippen LogP) is 5.00. The molecule has 0 bridgehead atoms. The summed E-state index contributed by atoms with van der Waals surface area (Å²) in [7, 11) is 3.07. The lowest BCUT2D eigenvalue weighted by atomic mass is 10.0. The van der Waals surface area contributed by atoms with E-state index in [0.717, 1.165) is 0 Å². The number of hydrogen-bond donors (Lipinski definition) is 1. The monoisotopic (exact) mass is 429 g/mol. The first kappa shape index (κ1) is 21.3. The number of thiophene rings is 1. The third-order valence-corrected chi connectivity index (χ3v) is 5.20. The van der Waals surface area contributed by atoms with E-state index in [9.17, 15) is 14.0 Å². The molecule has 1 amide bonds. The third-order valence-electron chi connectivity index (χ3n) is 4.30. The van der Waals surface area contributed by atoms with Crippen LogP contribution in [0, 0.1) is 5.82 Å². The normalized spacial score (nSPS) is 10.4. The molecule has 0 spiro atoms. The minimum atomic E-state index is -0.568.